The highest BCUT2D eigenvalue weighted by Crippen LogP contribution is 2.24. The number of cyclic esters (lactones) is 2. The van der Waals surface area contributed by atoms with E-state index in [4.69, 9.17) is 9.47 Å². The molecule has 1 saturated heterocycles. The van der Waals surface area contributed by atoms with E-state index in [1.807, 2.05) is 43.3 Å². The summed E-state index contributed by atoms with van der Waals surface area (Å²) in [6, 6.07) is 14.8. The fourth-order valence-electron chi connectivity index (χ4n) is 2.49. The standard InChI is InChI=1S/C21H22N4O4/c1-21(2)28-19(26)18(20(27)29-21)13-22-14-5-7-15(8-6-14)23-24-16-9-11-17(12-10-16)25(3)4/h5-13,22H,1-4H3. The average Bonchev–Trinajstić information content (AvgIpc) is 2.66. The molecule has 0 radical (unpaired) electrons. The first-order valence-corrected chi connectivity index (χ1v) is 8.96. The SMILES string of the molecule is CN(C)c1ccc(N=Nc2ccc(NC=C3C(=O)OC(C)(C)OC3=O)cc2)cc1. The monoisotopic (exact) mass is 394 g/mol. The quantitative estimate of drug-likeness (QED) is 0.352. The van der Waals surface area contributed by atoms with Crippen LogP contribution >= 0.6 is 0 Å². The van der Waals surface area contributed by atoms with Crippen molar-refractivity contribution in [1.82, 2.24) is 0 Å². The third-order valence-corrected chi connectivity index (χ3v) is 4.01. The highest BCUT2D eigenvalue weighted by atomic mass is 16.7. The van der Waals surface area contributed by atoms with Gasteiger partial charge in [-0.2, -0.15) is 10.2 Å². The lowest BCUT2D eigenvalue weighted by molar-refractivity contribution is -0.222. The van der Waals surface area contributed by atoms with E-state index in [0.29, 0.717) is 11.4 Å². The van der Waals surface area contributed by atoms with Gasteiger partial charge in [-0.15, -0.1) is 0 Å². The molecule has 8 nitrogen and oxygen atoms in total. The van der Waals surface area contributed by atoms with Gasteiger partial charge in [0, 0.05) is 45.5 Å². The van der Waals surface area contributed by atoms with Crippen LogP contribution in [0.15, 0.2) is 70.5 Å². The zero-order valence-corrected chi connectivity index (χ0v) is 16.7. The minimum Gasteiger partial charge on any atom is -0.419 e. The van der Waals surface area contributed by atoms with Gasteiger partial charge in [-0.1, -0.05) is 0 Å². The van der Waals surface area contributed by atoms with Crippen LogP contribution in [0.5, 0.6) is 0 Å². The summed E-state index contributed by atoms with van der Waals surface area (Å²) in [6.45, 7) is 2.99. The maximum Gasteiger partial charge on any atom is 0.350 e. The summed E-state index contributed by atoms with van der Waals surface area (Å²) in [6.07, 6.45) is 1.27. The van der Waals surface area contributed by atoms with Gasteiger partial charge in [0.05, 0.1) is 11.4 Å². The van der Waals surface area contributed by atoms with Crippen LogP contribution in [0.4, 0.5) is 22.7 Å². The average molecular weight is 394 g/mol. The molecule has 0 spiro atoms. The van der Waals surface area contributed by atoms with Gasteiger partial charge in [-0.3, -0.25) is 0 Å². The molecule has 1 aliphatic rings. The number of carbonyl (C=O) groups excluding carboxylic acids is 2. The summed E-state index contributed by atoms with van der Waals surface area (Å²) in [5.41, 5.74) is 2.96. The number of carbonyl (C=O) groups is 2. The summed E-state index contributed by atoms with van der Waals surface area (Å²) < 4.78 is 10.1. The lowest BCUT2D eigenvalue weighted by Crippen LogP contribution is -2.42. The van der Waals surface area contributed by atoms with Crippen molar-refractivity contribution in [3.63, 3.8) is 0 Å². The molecule has 8 heteroatoms. The van der Waals surface area contributed by atoms with Crippen molar-refractivity contribution in [2.75, 3.05) is 24.3 Å². The number of esters is 2. The number of anilines is 2. The van der Waals surface area contributed by atoms with E-state index in [1.165, 1.54) is 20.0 Å². The Balaban J connectivity index is 1.63. The van der Waals surface area contributed by atoms with Crippen LogP contribution in [0.2, 0.25) is 0 Å². The largest absolute Gasteiger partial charge is 0.419 e. The lowest BCUT2D eigenvalue weighted by Gasteiger charge is -2.29. The molecule has 0 atom stereocenters. The van der Waals surface area contributed by atoms with E-state index in [9.17, 15) is 9.59 Å². The third kappa shape index (κ3) is 5.19. The van der Waals surface area contributed by atoms with Crippen molar-refractivity contribution in [2.24, 2.45) is 10.2 Å². The number of hydrogen-bond acceptors (Lipinski definition) is 8. The Labute approximate surface area is 168 Å². The van der Waals surface area contributed by atoms with Crippen molar-refractivity contribution in [3.8, 4) is 0 Å². The molecule has 1 aliphatic heterocycles. The second-order valence-electron chi connectivity index (χ2n) is 7.04. The molecular formula is C21H22N4O4. The fourth-order valence-corrected chi connectivity index (χ4v) is 2.49. The molecular weight excluding hydrogens is 372 g/mol. The molecule has 1 fully saturated rings. The number of azo groups is 1. The van der Waals surface area contributed by atoms with Crippen LogP contribution in [-0.4, -0.2) is 31.8 Å². The van der Waals surface area contributed by atoms with Gasteiger partial charge in [0.1, 0.15) is 0 Å². The van der Waals surface area contributed by atoms with Crippen LogP contribution in [0.1, 0.15) is 13.8 Å². The molecule has 2 aromatic rings. The zero-order chi connectivity index (χ0) is 21.0. The Morgan fingerprint density at radius 1 is 0.862 bits per heavy atom. The van der Waals surface area contributed by atoms with Crippen molar-refractivity contribution < 1.29 is 19.1 Å². The maximum absolute atomic E-state index is 11.9. The van der Waals surface area contributed by atoms with Gasteiger partial charge in [-0.25, -0.2) is 9.59 Å². The molecule has 0 aliphatic carbocycles. The topological polar surface area (TPSA) is 92.6 Å². The van der Waals surface area contributed by atoms with E-state index < -0.39 is 17.7 Å². The van der Waals surface area contributed by atoms with Gasteiger partial charge in [0.2, 0.25) is 0 Å². The zero-order valence-electron chi connectivity index (χ0n) is 16.7. The molecule has 0 amide bonds. The number of rotatable bonds is 5. The summed E-state index contributed by atoms with van der Waals surface area (Å²) in [4.78, 5) is 25.8. The van der Waals surface area contributed by atoms with Crippen LogP contribution in [0.25, 0.3) is 0 Å². The minimum atomic E-state index is -1.26. The normalized spacial score (nSPS) is 15.7. The first kappa shape index (κ1) is 20.1. The molecule has 1 N–H and O–H groups in total. The van der Waals surface area contributed by atoms with E-state index in [-0.39, 0.29) is 5.57 Å². The van der Waals surface area contributed by atoms with Crippen molar-refractivity contribution in [1.29, 1.82) is 0 Å². The highest BCUT2D eigenvalue weighted by molar-refractivity contribution is 6.15. The fraction of sp³-hybridized carbons (Fsp3) is 0.238. The van der Waals surface area contributed by atoms with Crippen LogP contribution in [0, 0.1) is 0 Å². The third-order valence-electron chi connectivity index (χ3n) is 4.01. The van der Waals surface area contributed by atoms with Crippen LogP contribution in [-0.2, 0) is 19.1 Å². The molecule has 0 bridgehead atoms. The van der Waals surface area contributed by atoms with Gasteiger partial charge < -0.3 is 19.7 Å². The Kier molecular flexibility index (Phi) is 5.63. The Hall–Kier alpha value is -3.68. The van der Waals surface area contributed by atoms with E-state index in [0.717, 1.165) is 11.4 Å². The Bertz CT molecular complexity index is 939. The van der Waals surface area contributed by atoms with E-state index in [2.05, 4.69) is 15.5 Å². The number of nitrogens with one attached hydrogen (secondary N) is 1. The molecule has 150 valence electrons. The van der Waals surface area contributed by atoms with Crippen molar-refractivity contribution in [2.45, 2.75) is 19.6 Å². The summed E-state index contributed by atoms with van der Waals surface area (Å²) in [7, 11) is 3.95. The predicted octanol–water partition coefficient (Wildman–Crippen LogP) is 4.30. The second kappa shape index (κ2) is 8.14. The molecule has 2 aromatic carbocycles. The maximum atomic E-state index is 11.9. The number of nitrogens with zero attached hydrogens (tertiary/aromatic N) is 3. The predicted molar refractivity (Wildman–Crippen MR) is 109 cm³/mol. The van der Waals surface area contributed by atoms with Crippen molar-refractivity contribution in [3.05, 3.63) is 60.3 Å². The molecule has 0 saturated carbocycles. The molecule has 29 heavy (non-hydrogen) atoms. The molecule has 0 unspecified atom stereocenters. The van der Waals surface area contributed by atoms with Crippen molar-refractivity contribution >= 4 is 34.7 Å². The Morgan fingerprint density at radius 2 is 1.34 bits per heavy atom. The van der Waals surface area contributed by atoms with E-state index >= 15 is 0 Å². The van der Waals surface area contributed by atoms with E-state index in [1.54, 1.807) is 24.3 Å². The number of hydrogen-bond donors (Lipinski definition) is 1. The highest BCUT2D eigenvalue weighted by Gasteiger charge is 2.38. The van der Waals surface area contributed by atoms with Gasteiger partial charge >= 0.3 is 11.9 Å². The van der Waals surface area contributed by atoms with Gasteiger partial charge in [-0.05, 0) is 48.5 Å². The summed E-state index contributed by atoms with van der Waals surface area (Å²) >= 11 is 0. The molecule has 0 aromatic heterocycles. The Morgan fingerprint density at radius 3 is 1.83 bits per heavy atom. The van der Waals surface area contributed by atoms with Crippen LogP contribution in [0.3, 0.4) is 0 Å². The summed E-state index contributed by atoms with van der Waals surface area (Å²) in [5.74, 6) is -2.72. The first-order chi connectivity index (χ1) is 13.7. The molecule has 1 heterocycles. The first-order valence-electron chi connectivity index (χ1n) is 8.96. The minimum absolute atomic E-state index is 0.200. The lowest BCUT2D eigenvalue weighted by atomic mass is 10.2. The van der Waals surface area contributed by atoms with Gasteiger partial charge in [0.15, 0.2) is 5.57 Å². The molecule has 3 rings (SSSR count). The van der Waals surface area contributed by atoms with Crippen LogP contribution < -0.4 is 10.2 Å². The number of ether oxygens (including phenoxy) is 2. The second-order valence-corrected chi connectivity index (χ2v) is 7.04. The summed E-state index contributed by atoms with van der Waals surface area (Å²) in [5, 5.41) is 11.3. The number of benzene rings is 2. The van der Waals surface area contributed by atoms with Gasteiger partial charge in [0.25, 0.3) is 5.79 Å². The smallest absolute Gasteiger partial charge is 0.350 e.